The van der Waals surface area contributed by atoms with Crippen LogP contribution in [0.2, 0.25) is 0 Å². The van der Waals surface area contributed by atoms with Gasteiger partial charge in [-0.1, -0.05) is 65.0 Å². The minimum absolute atomic E-state index is 0.412. The van der Waals surface area contributed by atoms with Gasteiger partial charge in [-0.05, 0) is 22.8 Å². The smallest absolute Gasteiger partial charge is 0.0320 e. The molecule has 1 aliphatic rings. The summed E-state index contributed by atoms with van der Waals surface area (Å²) in [6.07, 6.45) is 1.15. The molecule has 1 aliphatic carbocycles. The summed E-state index contributed by atoms with van der Waals surface area (Å²) in [6.45, 7) is 11.7. The zero-order valence-electron chi connectivity index (χ0n) is 11.7. The van der Waals surface area contributed by atoms with Crippen molar-refractivity contribution in [1.29, 1.82) is 0 Å². The Morgan fingerprint density at radius 1 is 1.06 bits per heavy atom. The van der Waals surface area contributed by atoms with E-state index in [-0.39, 0.29) is 0 Å². The molecule has 1 aromatic rings. The lowest BCUT2D eigenvalue weighted by Gasteiger charge is -2.19. The topological polar surface area (TPSA) is 12.0 Å². The first-order chi connectivity index (χ1) is 7.91. The zero-order valence-corrected chi connectivity index (χ0v) is 11.7. The standard InChI is InChI=1S/C16H25N/c1-6-13(12-10-8-7-9-11-12)17-14-15(2,3)16(14,4)5/h7-11,13-14,17H,6H2,1-5H3. The Bertz CT molecular complexity index is 364. The normalized spacial score (nSPS) is 23.4. The molecule has 0 saturated heterocycles. The fraction of sp³-hybridized carbons (Fsp3) is 0.625. The molecule has 0 aromatic heterocycles. The molecular weight excluding hydrogens is 206 g/mol. The van der Waals surface area contributed by atoms with Crippen molar-refractivity contribution in [1.82, 2.24) is 5.32 Å². The van der Waals surface area contributed by atoms with Gasteiger partial charge in [-0.2, -0.15) is 0 Å². The lowest BCUT2D eigenvalue weighted by Crippen LogP contribution is -2.27. The monoisotopic (exact) mass is 231 g/mol. The molecule has 0 amide bonds. The molecule has 0 spiro atoms. The average molecular weight is 231 g/mol. The van der Waals surface area contributed by atoms with E-state index < -0.39 is 0 Å². The molecule has 1 fully saturated rings. The third kappa shape index (κ3) is 2.01. The van der Waals surface area contributed by atoms with Crippen LogP contribution >= 0.6 is 0 Å². The Hall–Kier alpha value is -0.820. The van der Waals surface area contributed by atoms with Gasteiger partial charge >= 0.3 is 0 Å². The first kappa shape index (κ1) is 12.6. The number of nitrogens with one attached hydrogen (secondary N) is 1. The van der Waals surface area contributed by atoms with E-state index in [9.17, 15) is 0 Å². The zero-order chi connectivity index (χ0) is 12.7. The first-order valence-corrected chi connectivity index (χ1v) is 6.72. The van der Waals surface area contributed by atoms with Gasteiger partial charge in [-0.3, -0.25) is 0 Å². The second-order valence-corrected chi connectivity index (χ2v) is 6.41. The average Bonchev–Trinajstić information content (AvgIpc) is 2.68. The van der Waals surface area contributed by atoms with Gasteiger partial charge in [0.1, 0.15) is 0 Å². The summed E-state index contributed by atoms with van der Waals surface area (Å²) in [5, 5.41) is 3.84. The third-order valence-electron chi connectivity index (χ3n) is 5.00. The lowest BCUT2D eigenvalue weighted by molar-refractivity contribution is 0.457. The number of hydrogen-bond donors (Lipinski definition) is 1. The van der Waals surface area contributed by atoms with Crippen molar-refractivity contribution >= 4 is 0 Å². The predicted molar refractivity (Wildman–Crippen MR) is 74.0 cm³/mol. The molecule has 17 heavy (non-hydrogen) atoms. The summed E-state index contributed by atoms with van der Waals surface area (Å²) in [4.78, 5) is 0. The van der Waals surface area contributed by atoms with Gasteiger partial charge in [-0.15, -0.1) is 0 Å². The van der Waals surface area contributed by atoms with Crippen molar-refractivity contribution in [2.24, 2.45) is 10.8 Å². The lowest BCUT2D eigenvalue weighted by atomic mass is 10.0. The largest absolute Gasteiger partial charge is 0.306 e. The van der Waals surface area contributed by atoms with E-state index >= 15 is 0 Å². The Morgan fingerprint density at radius 2 is 1.59 bits per heavy atom. The molecule has 0 heterocycles. The second-order valence-electron chi connectivity index (χ2n) is 6.41. The molecule has 1 N–H and O–H groups in total. The molecule has 2 rings (SSSR count). The summed E-state index contributed by atoms with van der Waals surface area (Å²) in [6, 6.07) is 11.9. The molecule has 0 aliphatic heterocycles. The van der Waals surface area contributed by atoms with E-state index in [1.807, 2.05) is 0 Å². The number of hydrogen-bond acceptors (Lipinski definition) is 1. The van der Waals surface area contributed by atoms with Crippen LogP contribution in [-0.4, -0.2) is 6.04 Å². The maximum absolute atomic E-state index is 3.84. The Labute approximate surface area is 106 Å². The third-order valence-corrected chi connectivity index (χ3v) is 5.00. The molecule has 1 nitrogen and oxygen atoms in total. The van der Waals surface area contributed by atoms with Gasteiger partial charge in [-0.25, -0.2) is 0 Å². The molecule has 1 aromatic carbocycles. The highest BCUT2D eigenvalue weighted by Gasteiger charge is 2.64. The molecule has 94 valence electrons. The van der Waals surface area contributed by atoms with E-state index in [1.54, 1.807) is 0 Å². The van der Waals surface area contributed by atoms with Gasteiger partial charge in [0.25, 0.3) is 0 Å². The minimum Gasteiger partial charge on any atom is -0.306 e. The SMILES string of the molecule is CCC(NC1C(C)(C)C1(C)C)c1ccccc1. The quantitative estimate of drug-likeness (QED) is 0.820. The maximum atomic E-state index is 3.84. The van der Waals surface area contributed by atoms with E-state index in [0.717, 1.165) is 6.42 Å². The second kappa shape index (κ2) is 4.13. The van der Waals surface area contributed by atoms with Crippen molar-refractivity contribution < 1.29 is 0 Å². The van der Waals surface area contributed by atoms with Gasteiger partial charge in [0.2, 0.25) is 0 Å². The van der Waals surface area contributed by atoms with Gasteiger partial charge < -0.3 is 5.32 Å². The van der Waals surface area contributed by atoms with Crippen LogP contribution in [0, 0.1) is 10.8 Å². The van der Waals surface area contributed by atoms with E-state index in [0.29, 0.717) is 22.9 Å². The molecular formula is C16H25N. The van der Waals surface area contributed by atoms with Crippen LogP contribution in [-0.2, 0) is 0 Å². The highest BCUT2D eigenvalue weighted by Crippen LogP contribution is 2.63. The fourth-order valence-electron chi connectivity index (χ4n) is 2.95. The van der Waals surface area contributed by atoms with E-state index in [2.05, 4.69) is 70.3 Å². The van der Waals surface area contributed by atoms with E-state index in [1.165, 1.54) is 5.56 Å². The van der Waals surface area contributed by atoms with Crippen molar-refractivity contribution in [3.05, 3.63) is 35.9 Å². The fourth-order valence-corrected chi connectivity index (χ4v) is 2.95. The molecule has 1 heteroatoms. The van der Waals surface area contributed by atoms with Gasteiger partial charge in [0.15, 0.2) is 0 Å². The summed E-state index contributed by atoms with van der Waals surface area (Å²) in [7, 11) is 0. The van der Waals surface area contributed by atoms with Crippen LogP contribution in [0.3, 0.4) is 0 Å². The summed E-state index contributed by atoms with van der Waals surface area (Å²) >= 11 is 0. The Balaban J connectivity index is 2.09. The number of rotatable bonds is 4. The van der Waals surface area contributed by atoms with Gasteiger partial charge in [0.05, 0.1) is 0 Å². The van der Waals surface area contributed by atoms with E-state index in [4.69, 9.17) is 0 Å². The molecule has 1 saturated carbocycles. The minimum atomic E-state index is 0.412. The predicted octanol–water partition coefficient (Wildman–Crippen LogP) is 4.16. The van der Waals surface area contributed by atoms with Crippen LogP contribution in [0.4, 0.5) is 0 Å². The van der Waals surface area contributed by atoms with Crippen LogP contribution in [0.5, 0.6) is 0 Å². The Kier molecular flexibility index (Phi) is 3.07. The van der Waals surface area contributed by atoms with Crippen LogP contribution in [0.25, 0.3) is 0 Å². The van der Waals surface area contributed by atoms with Crippen molar-refractivity contribution in [3.8, 4) is 0 Å². The van der Waals surface area contributed by atoms with Crippen LogP contribution in [0.15, 0.2) is 30.3 Å². The first-order valence-electron chi connectivity index (χ1n) is 6.72. The van der Waals surface area contributed by atoms with Crippen LogP contribution < -0.4 is 5.32 Å². The Morgan fingerprint density at radius 3 is 2.00 bits per heavy atom. The summed E-state index contributed by atoms with van der Waals surface area (Å²) < 4.78 is 0. The highest BCUT2D eigenvalue weighted by molar-refractivity contribution is 5.23. The van der Waals surface area contributed by atoms with Crippen molar-refractivity contribution in [3.63, 3.8) is 0 Å². The van der Waals surface area contributed by atoms with Crippen LogP contribution in [0.1, 0.15) is 52.6 Å². The molecule has 1 atom stereocenters. The maximum Gasteiger partial charge on any atom is 0.0320 e. The summed E-state index contributed by atoms with van der Waals surface area (Å²) in [5.74, 6) is 0. The van der Waals surface area contributed by atoms with Crippen molar-refractivity contribution in [2.75, 3.05) is 0 Å². The number of benzene rings is 1. The highest BCUT2D eigenvalue weighted by atomic mass is 15.1. The summed E-state index contributed by atoms with van der Waals surface area (Å²) in [5.41, 5.74) is 2.23. The molecule has 0 radical (unpaired) electrons. The molecule has 1 unspecified atom stereocenters. The molecule has 0 bridgehead atoms. The van der Waals surface area contributed by atoms with Gasteiger partial charge in [0, 0.05) is 12.1 Å². The van der Waals surface area contributed by atoms with Crippen molar-refractivity contribution in [2.45, 2.75) is 53.1 Å².